The highest BCUT2D eigenvalue weighted by molar-refractivity contribution is 7.79. The van der Waals surface area contributed by atoms with E-state index in [1.54, 1.807) is 13.2 Å². The number of Topliss-reactive ketones (excluding diaryl/α,β-unsaturated/α-hetero) is 1. The van der Waals surface area contributed by atoms with Crippen molar-refractivity contribution in [1.29, 1.82) is 0 Å². The van der Waals surface area contributed by atoms with E-state index in [1.807, 2.05) is 71.3 Å². The molecule has 2 aliphatic heterocycles. The number of aliphatic imine (C=N–C) groups is 2. The molecule has 9 heteroatoms. The molecule has 44 heavy (non-hydrogen) atoms. The van der Waals surface area contributed by atoms with Crippen LogP contribution in [0.4, 0.5) is 11.4 Å². The summed E-state index contributed by atoms with van der Waals surface area (Å²) in [7, 11) is 0. The van der Waals surface area contributed by atoms with Crippen molar-refractivity contribution in [2.75, 3.05) is 49.3 Å². The van der Waals surface area contributed by atoms with Crippen LogP contribution in [0.3, 0.4) is 0 Å². The summed E-state index contributed by atoms with van der Waals surface area (Å²) in [6, 6.07) is 8.05. The van der Waals surface area contributed by atoms with E-state index >= 15 is 0 Å². The number of carbonyl (C=O) groups is 1. The van der Waals surface area contributed by atoms with Crippen LogP contribution in [0.1, 0.15) is 71.1 Å². The maximum Gasteiger partial charge on any atom is 0.237 e. The molecule has 0 saturated carbocycles. The van der Waals surface area contributed by atoms with E-state index in [2.05, 4.69) is 58.4 Å². The van der Waals surface area contributed by atoms with E-state index in [0.717, 1.165) is 61.7 Å². The van der Waals surface area contributed by atoms with Gasteiger partial charge in [-0.05, 0) is 71.6 Å². The number of ketones is 1. The zero-order chi connectivity index (χ0) is 33.3. The van der Waals surface area contributed by atoms with Crippen molar-refractivity contribution >= 4 is 42.7 Å². The van der Waals surface area contributed by atoms with Crippen LogP contribution in [-0.2, 0) is 11.2 Å². The maximum absolute atomic E-state index is 10.7. The van der Waals surface area contributed by atoms with Gasteiger partial charge in [0.2, 0.25) is 5.88 Å². The van der Waals surface area contributed by atoms with E-state index in [9.17, 15) is 4.79 Å². The number of hydrogen-bond acceptors (Lipinski definition) is 9. The zero-order valence-corrected chi connectivity index (χ0v) is 29.3. The van der Waals surface area contributed by atoms with Crippen molar-refractivity contribution in [3.05, 3.63) is 58.4 Å². The first-order valence-electron chi connectivity index (χ1n) is 15.5. The van der Waals surface area contributed by atoms with Gasteiger partial charge in [-0.1, -0.05) is 50.6 Å². The van der Waals surface area contributed by atoms with E-state index < -0.39 is 5.60 Å². The van der Waals surface area contributed by atoms with Crippen LogP contribution in [-0.4, -0.2) is 73.4 Å². The van der Waals surface area contributed by atoms with E-state index in [-0.39, 0.29) is 5.78 Å². The van der Waals surface area contributed by atoms with Crippen LogP contribution in [0.15, 0.2) is 51.7 Å². The summed E-state index contributed by atoms with van der Waals surface area (Å²) < 4.78 is 5.62. The summed E-state index contributed by atoms with van der Waals surface area (Å²) in [5.74, 6) is 1.25. The van der Waals surface area contributed by atoms with Crippen LogP contribution >= 0.6 is 12.6 Å². The minimum atomic E-state index is -0.417. The number of ether oxygens (including phenoxy) is 1. The topological polar surface area (TPSA) is 99.4 Å². The number of hydrogen-bond donors (Lipinski definition) is 3. The molecular weight excluding hydrogens is 570 g/mol. The van der Waals surface area contributed by atoms with Crippen molar-refractivity contribution in [2.45, 2.75) is 80.3 Å². The molecule has 0 aliphatic carbocycles. The van der Waals surface area contributed by atoms with Gasteiger partial charge in [0.15, 0.2) is 0 Å². The highest BCUT2D eigenvalue weighted by Gasteiger charge is 2.27. The molecule has 2 aliphatic rings. The number of fused-ring (bicyclic) bond motifs is 1. The van der Waals surface area contributed by atoms with E-state index in [4.69, 9.17) is 9.84 Å². The normalized spacial score (nSPS) is 15.7. The summed E-state index contributed by atoms with van der Waals surface area (Å²) in [6.45, 7) is 23.5. The van der Waals surface area contributed by atoms with Gasteiger partial charge in [-0.25, -0.2) is 4.98 Å². The summed E-state index contributed by atoms with van der Waals surface area (Å²) >= 11 is 3.53. The van der Waals surface area contributed by atoms with Crippen LogP contribution in [0.2, 0.25) is 0 Å². The molecule has 244 valence electrons. The minimum absolute atomic E-state index is 0.217. The zero-order valence-electron chi connectivity index (χ0n) is 28.4. The minimum Gasteiger partial charge on any atom is -0.474 e. The van der Waals surface area contributed by atoms with Crippen molar-refractivity contribution in [2.24, 2.45) is 15.9 Å². The summed E-state index contributed by atoms with van der Waals surface area (Å²) in [5.41, 5.74) is 7.38. The third kappa shape index (κ3) is 12.4. The molecule has 0 fully saturated rings. The van der Waals surface area contributed by atoms with Crippen molar-refractivity contribution in [3.63, 3.8) is 0 Å². The molecule has 1 unspecified atom stereocenters. The van der Waals surface area contributed by atoms with Crippen molar-refractivity contribution in [1.82, 2.24) is 4.98 Å². The van der Waals surface area contributed by atoms with Gasteiger partial charge < -0.3 is 20.1 Å². The lowest BCUT2D eigenvalue weighted by atomic mass is 9.94. The molecule has 0 bridgehead atoms. The van der Waals surface area contributed by atoms with E-state index in [1.165, 1.54) is 16.7 Å². The molecule has 4 rings (SSSR count). The molecule has 2 N–H and O–H groups in total. The average Bonchev–Trinajstić information content (AvgIpc) is 3.03. The molecule has 8 nitrogen and oxygen atoms in total. The molecule has 1 atom stereocenters. The van der Waals surface area contributed by atoms with Crippen LogP contribution in [0.5, 0.6) is 5.88 Å². The second-order valence-corrected chi connectivity index (χ2v) is 11.3. The molecule has 0 amide bonds. The predicted molar refractivity (Wildman–Crippen MR) is 192 cm³/mol. The third-order valence-corrected chi connectivity index (χ3v) is 7.66. The van der Waals surface area contributed by atoms with Gasteiger partial charge in [0.05, 0.1) is 29.7 Å². The van der Waals surface area contributed by atoms with Gasteiger partial charge in [-0.15, -0.1) is 0 Å². The molecule has 2 aromatic rings. The molecule has 3 heterocycles. The van der Waals surface area contributed by atoms with Crippen LogP contribution in [0, 0.1) is 19.8 Å². The lowest BCUT2D eigenvalue weighted by Gasteiger charge is -2.35. The van der Waals surface area contributed by atoms with Gasteiger partial charge >= 0.3 is 0 Å². The lowest BCUT2D eigenvalue weighted by Crippen LogP contribution is -2.37. The molecule has 1 aromatic carbocycles. The fourth-order valence-corrected chi connectivity index (χ4v) is 4.54. The molecule has 0 saturated heterocycles. The number of rotatable bonds is 8. The molecule has 0 radical (unpaired) electrons. The molecule has 1 aromatic heterocycles. The Balaban J connectivity index is 0.000000400. The highest BCUT2D eigenvalue weighted by atomic mass is 32.1. The Bertz CT molecular complexity index is 1240. The van der Waals surface area contributed by atoms with Gasteiger partial charge in [-0.3, -0.25) is 14.8 Å². The smallest absolute Gasteiger partial charge is 0.237 e. The number of benzene rings is 1. The first-order chi connectivity index (χ1) is 21.0. The predicted octanol–water partition coefficient (Wildman–Crippen LogP) is 6.93. The Morgan fingerprint density at radius 3 is 2.39 bits per heavy atom. The third-order valence-electron chi connectivity index (χ3n) is 7.66. The SMILES string of the molecule is C=NC1=C(C=NCC)C(C)CN(c2cnc3c(c2C)NCCO3)C1.CC(=O)Cc1ccc(C)cc1.CCC(C)(O)CC.CS. The van der Waals surface area contributed by atoms with Gasteiger partial charge in [-0.2, -0.15) is 12.6 Å². The Kier molecular flexibility index (Phi) is 17.6. The Morgan fingerprint density at radius 2 is 1.86 bits per heavy atom. The second kappa shape index (κ2) is 20.0. The Morgan fingerprint density at radius 1 is 1.23 bits per heavy atom. The summed E-state index contributed by atoms with van der Waals surface area (Å²) in [6.07, 6.45) is 7.81. The monoisotopic (exact) mass is 625 g/mol. The van der Waals surface area contributed by atoms with E-state index in [0.29, 0.717) is 24.8 Å². The number of carbonyl (C=O) groups excluding carboxylic acids is 1. The van der Waals surface area contributed by atoms with Crippen LogP contribution < -0.4 is 15.0 Å². The number of nitrogens with one attached hydrogen (secondary N) is 1. The highest BCUT2D eigenvalue weighted by Crippen LogP contribution is 2.36. The van der Waals surface area contributed by atoms with Crippen LogP contribution in [0.25, 0.3) is 0 Å². The van der Waals surface area contributed by atoms with Crippen molar-refractivity contribution < 1.29 is 14.6 Å². The number of pyridine rings is 1. The lowest BCUT2D eigenvalue weighted by molar-refractivity contribution is -0.116. The number of nitrogens with zero attached hydrogens (tertiary/aromatic N) is 4. The number of aromatic nitrogens is 1. The van der Waals surface area contributed by atoms with Gasteiger partial charge in [0.25, 0.3) is 0 Å². The average molecular weight is 626 g/mol. The largest absolute Gasteiger partial charge is 0.474 e. The fraction of sp³-hybridized carbons (Fsp3) is 0.543. The van der Waals surface area contributed by atoms with Crippen molar-refractivity contribution in [3.8, 4) is 5.88 Å². The first-order valence-corrected chi connectivity index (χ1v) is 16.4. The molecular formula is C35H55N5O3S. The number of thiol groups is 1. The Hall–Kier alpha value is -3.17. The fourth-order valence-electron chi connectivity index (χ4n) is 4.54. The summed E-state index contributed by atoms with van der Waals surface area (Å²) in [5, 5.41) is 12.5. The Labute approximate surface area is 271 Å². The first kappa shape index (κ1) is 38.9. The maximum atomic E-state index is 10.7. The number of aliphatic hydroxyl groups is 1. The van der Waals surface area contributed by atoms with Gasteiger partial charge in [0, 0.05) is 43.8 Å². The molecule has 0 spiro atoms. The second-order valence-electron chi connectivity index (χ2n) is 11.3. The standard InChI is InChI=1S/C18H25N5O.C10H12O.C6H14O.CH4S/c1-5-20-8-14-12(2)10-23(11-15(14)19-4)16-9-22-18-17(13(16)3)21-6-7-24-18;1-8-3-5-10(6-4-8)7-9(2)11;1-4-6(3,7)5-2;1-2/h8-9,12,21H,4-7,10-11H2,1-3H3;3-6H,7H2,1-2H3;7H,4-5H2,1-3H3;2H,1H3. The van der Waals surface area contributed by atoms with Gasteiger partial charge in [0.1, 0.15) is 18.1 Å². The quantitative estimate of drug-likeness (QED) is 0.217. The number of aryl methyl sites for hydroxylation is 1. The summed E-state index contributed by atoms with van der Waals surface area (Å²) in [4.78, 5) is 26.1. The number of anilines is 2.